The van der Waals surface area contributed by atoms with Crippen LogP contribution in [0, 0.1) is 18.7 Å². The molecule has 1 fully saturated rings. The maximum atomic E-state index is 13.6. The lowest BCUT2D eigenvalue weighted by Gasteiger charge is -2.33. The predicted molar refractivity (Wildman–Crippen MR) is 153 cm³/mol. The number of rotatable bonds is 13. The lowest BCUT2D eigenvalue weighted by Crippen LogP contribution is -2.39. The van der Waals surface area contributed by atoms with Crippen LogP contribution in [-0.2, 0) is 5.54 Å². The van der Waals surface area contributed by atoms with E-state index in [2.05, 4.69) is 54.2 Å². The molecule has 2 nitrogen and oxygen atoms in total. The van der Waals surface area contributed by atoms with Crippen molar-refractivity contribution in [2.45, 2.75) is 80.9 Å². The van der Waals surface area contributed by atoms with Gasteiger partial charge in [-0.1, -0.05) is 63.3 Å². The van der Waals surface area contributed by atoms with Crippen LogP contribution in [0.2, 0.25) is 0 Å². The first-order valence-corrected chi connectivity index (χ1v) is 14.5. The molecule has 5 heteroatoms. The standard InChI is InChI=1S/C30H39FN2S2/c1-5-10-27(35-28-16-15-26(31)19-22(28)2)23(3)20-30(32,25-17-18-34-21-25)29(33-4)14-9-8-13-24-11-6-7-12-24/h8-9,14-19,21,24,27H,3-7,10-13,20,32H2,1-2H3/b9-8-,29-14-. The van der Waals surface area contributed by atoms with Crippen LogP contribution in [0.3, 0.4) is 0 Å². The minimum absolute atomic E-state index is 0.176. The van der Waals surface area contributed by atoms with Gasteiger partial charge in [-0.2, -0.15) is 11.3 Å². The number of nitrogens with two attached hydrogens (primary N) is 1. The fraction of sp³-hybridized carbons (Fsp3) is 0.433. The minimum Gasteiger partial charge on any atom is -0.316 e. The maximum Gasteiger partial charge on any atom is 0.123 e. The largest absolute Gasteiger partial charge is 0.316 e. The summed E-state index contributed by atoms with van der Waals surface area (Å²) in [5, 5.41) is 4.33. The average Bonchev–Trinajstić information content (AvgIpc) is 3.55. The normalized spacial score (nSPS) is 17.5. The number of hydrogen-bond acceptors (Lipinski definition) is 4. The molecule has 0 amide bonds. The molecule has 0 bridgehead atoms. The first-order chi connectivity index (χ1) is 16.9. The highest BCUT2D eigenvalue weighted by atomic mass is 32.2. The van der Waals surface area contributed by atoms with Crippen LogP contribution in [0.1, 0.15) is 69.4 Å². The van der Waals surface area contributed by atoms with Crippen molar-refractivity contribution in [1.29, 1.82) is 0 Å². The van der Waals surface area contributed by atoms with Gasteiger partial charge in [-0.15, -0.1) is 11.8 Å². The Morgan fingerprint density at radius 2 is 2.11 bits per heavy atom. The van der Waals surface area contributed by atoms with Gasteiger partial charge in [0.1, 0.15) is 5.82 Å². The van der Waals surface area contributed by atoms with Crippen molar-refractivity contribution in [3.8, 4) is 0 Å². The molecule has 2 aromatic rings. The Morgan fingerprint density at radius 1 is 1.34 bits per heavy atom. The molecule has 1 aliphatic carbocycles. The van der Waals surface area contributed by atoms with E-state index in [1.165, 1.54) is 31.7 Å². The summed E-state index contributed by atoms with van der Waals surface area (Å²) in [5.41, 5.74) is 10.2. The number of halogens is 1. The molecule has 1 heterocycles. The van der Waals surface area contributed by atoms with Gasteiger partial charge in [0, 0.05) is 10.1 Å². The lowest BCUT2D eigenvalue weighted by molar-refractivity contribution is 0.508. The quantitative estimate of drug-likeness (QED) is 0.126. The topological polar surface area (TPSA) is 38.4 Å². The first kappa shape index (κ1) is 27.6. The molecule has 1 aromatic carbocycles. The molecule has 1 saturated carbocycles. The van der Waals surface area contributed by atoms with Crippen molar-refractivity contribution in [2.75, 3.05) is 0 Å². The van der Waals surface area contributed by atoms with E-state index in [9.17, 15) is 4.39 Å². The van der Waals surface area contributed by atoms with Gasteiger partial charge in [0.2, 0.25) is 0 Å². The number of allylic oxidation sites excluding steroid dienone is 3. The summed E-state index contributed by atoms with van der Waals surface area (Å²) in [7, 11) is 0. The molecule has 2 atom stereocenters. The second kappa shape index (κ2) is 13.4. The molecular formula is C30H39FN2S2. The van der Waals surface area contributed by atoms with E-state index < -0.39 is 5.54 Å². The van der Waals surface area contributed by atoms with Crippen LogP contribution >= 0.6 is 23.1 Å². The van der Waals surface area contributed by atoms with Crippen LogP contribution in [0.5, 0.6) is 0 Å². The van der Waals surface area contributed by atoms with Crippen molar-refractivity contribution < 1.29 is 4.39 Å². The second-order valence-electron chi connectivity index (χ2n) is 9.65. The SMILES string of the molecule is C=N/C(=C\C=C/CC1CCCC1)C(N)(CC(=C)C(CCC)Sc1ccc(F)cc1C)c1ccsc1. The monoisotopic (exact) mass is 510 g/mol. The zero-order chi connectivity index (χ0) is 25.3. The number of hydrogen-bond donors (Lipinski definition) is 1. The smallest absolute Gasteiger partial charge is 0.123 e. The molecule has 2 N–H and O–H groups in total. The van der Waals surface area contributed by atoms with Crippen molar-refractivity contribution in [1.82, 2.24) is 0 Å². The Labute approximate surface area is 219 Å². The summed E-state index contributed by atoms with van der Waals surface area (Å²) in [4.78, 5) is 5.48. The van der Waals surface area contributed by atoms with Gasteiger partial charge in [0.05, 0.1) is 11.2 Å². The van der Waals surface area contributed by atoms with Crippen molar-refractivity contribution in [3.63, 3.8) is 0 Å². The Bertz CT molecular complexity index is 1030. The Kier molecular flexibility index (Phi) is 10.6. The summed E-state index contributed by atoms with van der Waals surface area (Å²) in [6.07, 6.45) is 15.4. The van der Waals surface area contributed by atoms with E-state index in [1.807, 2.05) is 19.1 Å². The number of benzene rings is 1. The zero-order valence-corrected chi connectivity index (χ0v) is 22.8. The van der Waals surface area contributed by atoms with Gasteiger partial charge in [-0.05, 0) is 91.1 Å². The average molecular weight is 511 g/mol. The zero-order valence-electron chi connectivity index (χ0n) is 21.1. The first-order valence-electron chi connectivity index (χ1n) is 12.6. The van der Waals surface area contributed by atoms with E-state index in [0.717, 1.165) is 52.5 Å². The second-order valence-corrected chi connectivity index (χ2v) is 11.7. The summed E-state index contributed by atoms with van der Waals surface area (Å²) < 4.78 is 13.6. The molecule has 2 unspecified atom stereocenters. The summed E-state index contributed by atoms with van der Waals surface area (Å²) in [6, 6.07) is 7.06. The van der Waals surface area contributed by atoms with Crippen molar-refractivity contribution >= 4 is 29.8 Å². The molecule has 0 aliphatic heterocycles. The number of nitrogens with zero attached hydrogens (tertiary/aromatic N) is 1. The Morgan fingerprint density at radius 3 is 2.74 bits per heavy atom. The summed E-state index contributed by atoms with van der Waals surface area (Å²) >= 11 is 3.38. The van der Waals surface area contributed by atoms with Crippen molar-refractivity contribution in [2.24, 2.45) is 16.6 Å². The Balaban J connectivity index is 1.83. The van der Waals surface area contributed by atoms with E-state index in [0.29, 0.717) is 6.42 Å². The summed E-state index contributed by atoms with van der Waals surface area (Å²) in [6.45, 7) is 12.5. The molecule has 1 aromatic heterocycles. The maximum absolute atomic E-state index is 13.6. The minimum atomic E-state index is -0.805. The van der Waals surface area contributed by atoms with Gasteiger partial charge < -0.3 is 5.73 Å². The van der Waals surface area contributed by atoms with E-state index in [-0.39, 0.29) is 11.1 Å². The van der Waals surface area contributed by atoms with E-state index in [4.69, 9.17) is 5.73 Å². The molecular weight excluding hydrogens is 471 g/mol. The van der Waals surface area contributed by atoms with Crippen LogP contribution < -0.4 is 5.73 Å². The fourth-order valence-corrected chi connectivity index (χ4v) is 6.90. The lowest BCUT2D eigenvalue weighted by atomic mass is 9.82. The van der Waals surface area contributed by atoms with Crippen molar-refractivity contribution in [3.05, 3.63) is 88.0 Å². The highest BCUT2D eigenvalue weighted by Gasteiger charge is 2.34. The van der Waals surface area contributed by atoms with Gasteiger partial charge >= 0.3 is 0 Å². The van der Waals surface area contributed by atoms with E-state index >= 15 is 0 Å². The number of aliphatic imine (C=N–C) groups is 1. The van der Waals surface area contributed by atoms with Crippen LogP contribution in [0.4, 0.5) is 4.39 Å². The van der Waals surface area contributed by atoms with Gasteiger partial charge in [0.25, 0.3) is 0 Å². The van der Waals surface area contributed by atoms with Gasteiger partial charge in [0.15, 0.2) is 0 Å². The Hall–Kier alpha value is -1.95. The molecule has 0 spiro atoms. The van der Waals surface area contributed by atoms with Crippen LogP contribution in [-0.4, -0.2) is 12.0 Å². The van der Waals surface area contributed by atoms with Gasteiger partial charge in [-0.3, -0.25) is 4.99 Å². The third-order valence-electron chi connectivity index (χ3n) is 6.92. The predicted octanol–water partition coefficient (Wildman–Crippen LogP) is 8.98. The number of thiophene rings is 1. The molecule has 188 valence electrons. The molecule has 0 saturated heterocycles. The number of aryl methyl sites for hydroxylation is 1. The van der Waals surface area contributed by atoms with Crippen LogP contribution in [0.15, 0.2) is 81.0 Å². The van der Waals surface area contributed by atoms with Gasteiger partial charge in [-0.25, -0.2) is 4.39 Å². The molecule has 1 aliphatic rings. The fourth-order valence-electron chi connectivity index (χ4n) is 4.86. The highest BCUT2D eigenvalue weighted by molar-refractivity contribution is 8.00. The number of thioether (sulfide) groups is 1. The van der Waals surface area contributed by atoms with E-state index in [1.54, 1.807) is 29.2 Å². The highest BCUT2D eigenvalue weighted by Crippen LogP contribution is 2.41. The summed E-state index contributed by atoms with van der Waals surface area (Å²) in [5.74, 6) is 0.602. The molecule has 35 heavy (non-hydrogen) atoms. The van der Waals surface area contributed by atoms with Crippen LogP contribution in [0.25, 0.3) is 0 Å². The molecule has 3 rings (SSSR count). The molecule has 0 radical (unpaired) electrons. The third-order valence-corrected chi connectivity index (χ3v) is 9.17. The third kappa shape index (κ3) is 7.52.